The number of amides is 1. The molecule has 3 rings (SSSR count). The lowest BCUT2D eigenvalue weighted by molar-refractivity contribution is -0.125. The summed E-state index contributed by atoms with van der Waals surface area (Å²) in [5, 5.41) is 2.73. The van der Waals surface area contributed by atoms with Crippen LogP contribution in [0.3, 0.4) is 0 Å². The van der Waals surface area contributed by atoms with Gasteiger partial charge in [-0.3, -0.25) is 4.79 Å². The predicted octanol–water partition coefficient (Wildman–Crippen LogP) is 0.974. The summed E-state index contributed by atoms with van der Waals surface area (Å²) < 4.78 is 0. The Bertz CT molecular complexity index is 767. The Morgan fingerprint density at radius 2 is 1.96 bits per heavy atom. The molecule has 0 aliphatic carbocycles. The van der Waals surface area contributed by atoms with Crippen molar-refractivity contribution < 1.29 is 4.79 Å². The van der Waals surface area contributed by atoms with E-state index in [1.165, 1.54) is 0 Å². The average molecular weight is 341 g/mol. The Morgan fingerprint density at radius 1 is 1.24 bits per heavy atom. The first kappa shape index (κ1) is 16.9. The zero-order valence-electron chi connectivity index (χ0n) is 14.5. The van der Waals surface area contributed by atoms with Crippen molar-refractivity contribution in [3.8, 4) is 11.1 Å². The van der Waals surface area contributed by atoms with Gasteiger partial charge < -0.3 is 21.7 Å². The van der Waals surface area contributed by atoms with Crippen LogP contribution in [0.15, 0.2) is 18.3 Å². The van der Waals surface area contributed by atoms with Crippen LogP contribution >= 0.6 is 0 Å². The van der Waals surface area contributed by atoms with Crippen LogP contribution in [0.25, 0.3) is 11.1 Å². The van der Waals surface area contributed by atoms with Gasteiger partial charge in [0.25, 0.3) is 0 Å². The number of carbonyl (C=O) groups is 1. The predicted molar refractivity (Wildman–Crippen MR) is 97.8 cm³/mol. The van der Waals surface area contributed by atoms with Crippen molar-refractivity contribution >= 4 is 23.5 Å². The summed E-state index contributed by atoms with van der Waals surface area (Å²) in [7, 11) is 1.68. The maximum Gasteiger partial charge on any atom is 0.222 e. The van der Waals surface area contributed by atoms with E-state index in [1.54, 1.807) is 19.3 Å². The van der Waals surface area contributed by atoms with Gasteiger partial charge in [0.1, 0.15) is 11.6 Å². The minimum atomic E-state index is 0.0446. The molecule has 2 aromatic rings. The van der Waals surface area contributed by atoms with Gasteiger partial charge in [-0.1, -0.05) is 0 Å². The number of nitrogens with one attached hydrogen (secondary N) is 1. The second-order valence-electron chi connectivity index (χ2n) is 6.21. The third-order valence-corrected chi connectivity index (χ3v) is 4.57. The van der Waals surface area contributed by atoms with Crippen molar-refractivity contribution in [2.45, 2.75) is 19.8 Å². The normalized spacial score (nSPS) is 15.2. The fourth-order valence-electron chi connectivity index (χ4n) is 3.26. The van der Waals surface area contributed by atoms with Crippen molar-refractivity contribution in [2.75, 3.05) is 36.5 Å². The Kier molecular flexibility index (Phi) is 4.69. The fraction of sp³-hybridized carbons (Fsp3) is 0.412. The molecule has 0 bridgehead atoms. The molecule has 0 unspecified atom stereocenters. The van der Waals surface area contributed by atoms with E-state index in [0.717, 1.165) is 48.6 Å². The highest BCUT2D eigenvalue weighted by atomic mass is 16.1. The molecule has 25 heavy (non-hydrogen) atoms. The number of carbonyl (C=O) groups excluding carboxylic acids is 1. The topological polar surface area (TPSA) is 123 Å². The summed E-state index contributed by atoms with van der Waals surface area (Å²) in [5.41, 5.74) is 14.2. The molecule has 0 saturated carbocycles. The zero-order chi connectivity index (χ0) is 18.0. The minimum absolute atomic E-state index is 0.0446. The average Bonchev–Trinajstić information content (AvgIpc) is 2.61. The van der Waals surface area contributed by atoms with Crippen LogP contribution in [0, 0.1) is 12.8 Å². The van der Waals surface area contributed by atoms with Gasteiger partial charge in [0.05, 0.1) is 5.69 Å². The molecule has 132 valence electrons. The van der Waals surface area contributed by atoms with Crippen molar-refractivity contribution in [1.82, 2.24) is 20.3 Å². The Labute approximate surface area is 146 Å². The molecule has 1 fully saturated rings. The molecule has 8 nitrogen and oxygen atoms in total. The summed E-state index contributed by atoms with van der Waals surface area (Å²) in [4.78, 5) is 27.0. The van der Waals surface area contributed by atoms with Gasteiger partial charge >= 0.3 is 0 Å². The second-order valence-corrected chi connectivity index (χ2v) is 6.21. The summed E-state index contributed by atoms with van der Waals surface area (Å²) in [6, 6.07) is 3.66. The monoisotopic (exact) mass is 341 g/mol. The highest BCUT2D eigenvalue weighted by Gasteiger charge is 2.27. The molecule has 5 N–H and O–H groups in total. The lowest BCUT2D eigenvalue weighted by atomic mass is 9.95. The SMILES string of the molecule is CNC(=O)C1CCN(c2nc(N)nc(C)c2-c2ccc(N)nc2)CC1. The van der Waals surface area contributed by atoms with Crippen LogP contribution in [0.5, 0.6) is 0 Å². The van der Waals surface area contributed by atoms with Crippen LogP contribution < -0.4 is 21.7 Å². The number of aryl methyl sites for hydroxylation is 1. The van der Waals surface area contributed by atoms with Gasteiger partial charge in [-0.15, -0.1) is 0 Å². The van der Waals surface area contributed by atoms with E-state index >= 15 is 0 Å². The number of hydrogen-bond acceptors (Lipinski definition) is 7. The Hall–Kier alpha value is -2.90. The fourth-order valence-corrected chi connectivity index (χ4v) is 3.26. The molecule has 1 aliphatic heterocycles. The molecule has 0 spiro atoms. The highest BCUT2D eigenvalue weighted by molar-refractivity contribution is 5.80. The van der Waals surface area contributed by atoms with E-state index in [0.29, 0.717) is 5.82 Å². The Balaban J connectivity index is 1.94. The maximum atomic E-state index is 11.8. The molecule has 8 heteroatoms. The van der Waals surface area contributed by atoms with Gasteiger partial charge in [0.15, 0.2) is 0 Å². The van der Waals surface area contributed by atoms with Crippen LogP contribution in [0.2, 0.25) is 0 Å². The zero-order valence-corrected chi connectivity index (χ0v) is 14.5. The highest BCUT2D eigenvalue weighted by Crippen LogP contribution is 2.34. The van der Waals surface area contributed by atoms with Crippen molar-refractivity contribution in [2.24, 2.45) is 5.92 Å². The van der Waals surface area contributed by atoms with Crippen LogP contribution in [0.1, 0.15) is 18.5 Å². The first-order valence-corrected chi connectivity index (χ1v) is 8.32. The van der Waals surface area contributed by atoms with E-state index in [4.69, 9.17) is 11.5 Å². The molecule has 3 heterocycles. The molecule has 1 aliphatic rings. The molecular formula is C17H23N7O. The quantitative estimate of drug-likeness (QED) is 0.760. The van der Waals surface area contributed by atoms with Crippen molar-refractivity contribution in [3.63, 3.8) is 0 Å². The van der Waals surface area contributed by atoms with E-state index in [9.17, 15) is 4.79 Å². The van der Waals surface area contributed by atoms with E-state index < -0.39 is 0 Å². The number of rotatable bonds is 3. The number of anilines is 3. The maximum absolute atomic E-state index is 11.8. The largest absolute Gasteiger partial charge is 0.384 e. The summed E-state index contributed by atoms with van der Waals surface area (Å²) in [5.74, 6) is 1.63. The lowest BCUT2D eigenvalue weighted by Crippen LogP contribution is -2.40. The summed E-state index contributed by atoms with van der Waals surface area (Å²) in [6.07, 6.45) is 3.28. The van der Waals surface area contributed by atoms with E-state index in [-0.39, 0.29) is 17.8 Å². The van der Waals surface area contributed by atoms with Gasteiger partial charge in [-0.05, 0) is 31.9 Å². The third kappa shape index (κ3) is 3.47. The number of aromatic nitrogens is 3. The van der Waals surface area contributed by atoms with Gasteiger partial charge in [-0.2, -0.15) is 4.98 Å². The summed E-state index contributed by atoms with van der Waals surface area (Å²) in [6.45, 7) is 3.39. The molecule has 0 radical (unpaired) electrons. The third-order valence-electron chi connectivity index (χ3n) is 4.57. The minimum Gasteiger partial charge on any atom is -0.384 e. The van der Waals surface area contributed by atoms with Crippen LogP contribution in [-0.4, -0.2) is 41.0 Å². The summed E-state index contributed by atoms with van der Waals surface area (Å²) >= 11 is 0. The molecular weight excluding hydrogens is 318 g/mol. The van der Waals surface area contributed by atoms with Gasteiger partial charge in [0, 0.05) is 43.4 Å². The molecule has 2 aromatic heterocycles. The smallest absolute Gasteiger partial charge is 0.222 e. The number of nitrogens with zero attached hydrogens (tertiary/aromatic N) is 4. The molecule has 0 aromatic carbocycles. The van der Waals surface area contributed by atoms with E-state index in [2.05, 4.69) is 25.2 Å². The first-order chi connectivity index (χ1) is 12.0. The van der Waals surface area contributed by atoms with E-state index in [1.807, 2.05) is 13.0 Å². The van der Waals surface area contributed by atoms with Gasteiger partial charge in [-0.25, -0.2) is 9.97 Å². The Morgan fingerprint density at radius 3 is 2.56 bits per heavy atom. The number of piperidine rings is 1. The number of hydrogen-bond donors (Lipinski definition) is 3. The molecule has 1 amide bonds. The van der Waals surface area contributed by atoms with Crippen LogP contribution in [-0.2, 0) is 4.79 Å². The van der Waals surface area contributed by atoms with Gasteiger partial charge in [0.2, 0.25) is 11.9 Å². The molecule has 1 saturated heterocycles. The van der Waals surface area contributed by atoms with Crippen molar-refractivity contribution in [1.29, 1.82) is 0 Å². The number of nitrogens with two attached hydrogens (primary N) is 2. The van der Waals surface area contributed by atoms with Crippen molar-refractivity contribution in [3.05, 3.63) is 24.0 Å². The molecule has 0 atom stereocenters. The lowest BCUT2D eigenvalue weighted by Gasteiger charge is -2.33. The number of nitrogen functional groups attached to an aromatic ring is 2. The second kappa shape index (κ2) is 6.92. The first-order valence-electron chi connectivity index (χ1n) is 8.32. The standard InChI is InChI=1S/C17H23N7O/c1-10-14(12-3-4-13(18)21-9-12)15(23-17(19)22-10)24-7-5-11(6-8-24)16(25)20-2/h3-4,9,11H,5-8H2,1-2H3,(H2,18,21)(H,20,25)(H2,19,22,23). The number of pyridine rings is 1. The van der Waals surface area contributed by atoms with Crippen LogP contribution in [0.4, 0.5) is 17.6 Å².